The molecule has 2 aromatic carbocycles. The topological polar surface area (TPSA) is 81.5 Å². The van der Waals surface area contributed by atoms with Gasteiger partial charge in [-0.2, -0.15) is 5.10 Å². The number of carbonyl (C=O) groups excluding carboxylic acids is 3. The van der Waals surface area contributed by atoms with Crippen LogP contribution in [0.5, 0.6) is 0 Å². The molecule has 3 aromatic rings. The number of hydroxylamine groups is 2. The summed E-state index contributed by atoms with van der Waals surface area (Å²) in [6, 6.07) is 11.8. The number of amides is 2. The Labute approximate surface area is 158 Å². The van der Waals surface area contributed by atoms with Gasteiger partial charge in [0.2, 0.25) is 0 Å². The fourth-order valence-corrected chi connectivity index (χ4v) is 3.15. The third-order valence-electron chi connectivity index (χ3n) is 4.50. The second kappa shape index (κ2) is 6.41. The molecule has 0 spiro atoms. The smallest absolute Gasteiger partial charge is 0.324 e. The molecule has 0 fully saturated rings. The molecule has 0 atom stereocenters. The van der Waals surface area contributed by atoms with Gasteiger partial charge >= 0.3 is 5.97 Å². The van der Waals surface area contributed by atoms with E-state index in [-0.39, 0.29) is 16.7 Å². The summed E-state index contributed by atoms with van der Waals surface area (Å²) in [5.41, 5.74) is 1.82. The van der Waals surface area contributed by atoms with Crippen molar-refractivity contribution in [2.24, 2.45) is 0 Å². The fourth-order valence-electron chi connectivity index (χ4n) is 3.15. The van der Waals surface area contributed by atoms with Gasteiger partial charge in [0.05, 0.1) is 28.2 Å². The molecule has 140 valence electrons. The molecule has 0 saturated heterocycles. The highest BCUT2D eigenvalue weighted by atomic mass is 19.1. The Morgan fingerprint density at radius 1 is 0.964 bits per heavy atom. The minimum atomic E-state index is -0.877. The monoisotopic (exact) mass is 379 g/mol. The van der Waals surface area contributed by atoms with Crippen molar-refractivity contribution in [2.45, 2.75) is 13.8 Å². The number of rotatable bonds is 3. The lowest BCUT2D eigenvalue weighted by Crippen LogP contribution is -2.33. The molecule has 0 bridgehead atoms. The lowest BCUT2D eigenvalue weighted by Gasteiger charge is -2.13. The maximum Gasteiger partial charge on any atom is 0.367 e. The Kier molecular flexibility index (Phi) is 4.03. The van der Waals surface area contributed by atoms with E-state index in [9.17, 15) is 18.8 Å². The van der Waals surface area contributed by atoms with E-state index in [0.717, 1.165) is 0 Å². The highest BCUT2D eigenvalue weighted by Gasteiger charge is 2.39. The van der Waals surface area contributed by atoms with Crippen molar-refractivity contribution in [2.75, 3.05) is 0 Å². The number of hydrogen-bond donors (Lipinski definition) is 0. The summed E-state index contributed by atoms with van der Waals surface area (Å²) in [7, 11) is 0. The molecule has 2 heterocycles. The maximum absolute atomic E-state index is 13.2. The van der Waals surface area contributed by atoms with Gasteiger partial charge < -0.3 is 4.84 Å². The first-order chi connectivity index (χ1) is 13.4. The van der Waals surface area contributed by atoms with Crippen molar-refractivity contribution in [1.82, 2.24) is 14.8 Å². The van der Waals surface area contributed by atoms with Crippen molar-refractivity contribution in [3.63, 3.8) is 0 Å². The summed E-state index contributed by atoms with van der Waals surface area (Å²) in [5.74, 6) is -2.67. The number of fused-ring (bicyclic) bond motifs is 1. The SMILES string of the molecule is Cc1nn(-c2ccc(F)cc2)c(C)c1C(=O)ON1C(=O)c2ccccc2C1=O. The Bertz CT molecular complexity index is 1100. The average molecular weight is 379 g/mol. The first-order valence-corrected chi connectivity index (χ1v) is 8.40. The zero-order chi connectivity index (χ0) is 20.0. The zero-order valence-electron chi connectivity index (χ0n) is 15.0. The van der Waals surface area contributed by atoms with E-state index in [2.05, 4.69) is 5.10 Å². The zero-order valence-corrected chi connectivity index (χ0v) is 15.0. The van der Waals surface area contributed by atoms with Crippen LogP contribution in [-0.4, -0.2) is 32.6 Å². The molecule has 0 saturated carbocycles. The van der Waals surface area contributed by atoms with Crippen molar-refractivity contribution >= 4 is 17.8 Å². The molecule has 2 amide bonds. The Hall–Kier alpha value is -3.81. The Morgan fingerprint density at radius 2 is 1.54 bits per heavy atom. The summed E-state index contributed by atoms with van der Waals surface area (Å²) in [4.78, 5) is 42.6. The van der Waals surface area contributed by atoms with Gasteiger partial charge in [0, 0.05) is 0 Å². The normalized spacial score (nSPS) is 13.0. The summed E-state index contributed by atoms with van der Waals surface area (Å²) in [6.07, 6.45) is 0. The number of aromatic nitrogens is 2. The molecule has 0 radical (unpaired) electrons. The van der Waals surface area contributed by atoms with Crippen LogP contribution in [0.15, 0.2) is 48.5 Å². The minimum absolute atomic E-state index is 0.126. The van der Waals surface area contributed by atoms with Crippen LogP contribution in [0.1, 0.15) is 42.5 Å². The second-order valence-electron chi connectivity index (χ2n) is 6.26. The van der Waals surface area contributed by atoms with E-state index < -0.39 is 23.6 Å². The summed E-state index contributed by atoms with van der Waals surface area (Å²) >= 11 is 0. The van der Waals surface area contributed by atoms with Gasteiger partial charge in [-0.3, -0.25) is 9.59 Å². The number of benzene rings is 2. The van der Waals surface area contributed by atoms with Gasteiger partial charge in [-0.05, 0) is 50.2 Å². The van der Waals surface area contributed by atoms with Gasteiger partial charge in [-0.25, -0.2) is 13.9 Å². The van der Waals surface area contributed by atoms with Crippen molar-refractivity contribution in [1.29, 1.82) is 0 Å². The molecule has 4 rings (SSSR count). The first kappa shape index (κ1) is 17.6. The van der Waals surface area contributed by atoms with Crippen molar-refractivity contribution in [3.8, 4) is 5.69 Å². The van der Waals surface area contributed by atoms with Gasteiger partial charge in [0.25, 0.3) is 11.8 Å². The van der Waals surface area contributed by atoms with E-state index in [1.807, 2.05) is 0 Å². The van der Waals surface area contributed by atoms with E-state index in [1.165, 1.54) is 41.1 Å². The summed E-state index contributed by atoms with van der Waals surface area (Å²) in [6.45, 7) is 3.24. The van der Waals surface area contributed by atoms with Crippen LogP contribution in [0, 0.1) is 19.7 Å². The van der Waals surface area contributed by atoms with Crippen LogP contribution < -0.4 is 0 Å². The van der Waals surface area contributed by atoms with Crippen LogP contribution in [0.25, 0.3) is 5.69 Å². The molecular weight excluding hydrogens is 365 g/mol. The molecule has 0 unspecified atom stereocenters. The largest absolute Gasteiger partial charge is 0.367 e. The molecular formula is C20H14FN3O4. The molecule has 0 N–H and O–H groups in total. The molecule has 1 aromatic heterocycles. The third kappa shape index (κ3) is 2.66. The van der Waals surface area contributed by atoms with E-state index in [1.54, 1.807) is 26.0 Å². The highest BCUT2D eigenvalue weighted by Crippen LogP contribution is 2.25. The Balaban J connectivity index is 1.64. The summed E-state index contributed by atoms with van der Waals surface area (Å²) in [5, 5.41) is 4.75. The lowest BCUT2D eigenvalue weighted by atomic mass is 10.1. The summed E-state index contributed by atoms with van der Waals surface area (Å²) < 4.78 is 14.6. The minimum Gasteiger partial charge on any atom is -0.324 e. The molecule has 1 aliphatic rings. The molecule has 7 nitrogen and oxygen atoms in total. The van der Waals surface area contributed by atoms with Crippen LogP contribution in [0.3, 0.4) is 0 Å². The molecule has 0 aliphatic carbocycles. The van der Waals surface area contributed by atoms with Gasteiger partial charge in [-0.1, -0.05) is 17.2 Å². The number of carbonyl (C=O) groups is 3. The third-order valence-corrected chi connectivity index (χ3v) is 4.50. The van der Waals surface area contributed by atoms with E-state index in [4.69, 9.17) is 4.84 Å². The molecule has 8 heteroatoms. The lowest BCUT2D eigenvalue weighted by molar-refractivity contribution is -0.0585. The molecule has 1 aliphatic heterocycles. The number of nitrogens with zero attached hydrogens (tertiary/aromatic N) is 3. The number of aryl methyl sites for hydroxylation is 1. The average Bonchev–Trinajstić information content (AvgIpc) is 3.11. The fraction of sp³-hybridized carbons (Fsp3) is 0.100. The quantitative estimate of drug-likeness (QED) is 0.654. The van der Waals surface area contributed by atoms with Crippen LogP contribution in [0.4, 0.5) is 4.39 Å². The van der Waals surface area contributed by atoms with E-state index >= 15 is 0 Å². The first-order valence-electron chi connectivity index (χ1n) is 8.40. The highest BCUT2D eigenvalue weighted by molar-refractivity contribution is 6.21. The van der Waals surface area contributed by atoms with E-state index in [0.29, 0.717) is 22.1 Å². The Morgan fingerprint density at radius 3 is 2.11 bits per heavy atom. The van der Waals surface area contributed by atoms with Gasteiger partial charge in [0.1, 0.15) is 11.4 Å². The standard InChI is InChI=1S/C20H14FN3O4/c1-11-17(12(2)23(22-11)14-9-7-13(21)8-10-14)20(27)28-24-18(25)15-5-3-4-6-16(15)19(24)26/h3-10H,1-2H3. The van der Waals surface area contributed by atoms with Crippen LogP contribution in [-0.2, 0) is 4.84 Å². The predicted molar refractivity (Wildman–Crippen MR) is 95.4 cm³/mol. The number of halogens is 1. The number of imide groups is 1. The predicted octanol–water partition coefficient (Wildman–Crippen LogP) is 3.00. The number of hydrogen-bond acceptors (Lipinski definition) is 5. The van der Waals surface area contributed by atoms with Crippen molar-refractivity contribution < 1.29 is 23.6 Å². The van der Waals surface area contributed by atoms with Crippen LogP contribution in [0.2, 0.25) is 0 Å². The maximum atomic E-state index is 13.2. The van der Waals surface area contributed by atoms with Crippen LogP contribution >= 0.6 is 0 Å². The van der Waals surface area contributed by atoms with Crippen molar-refractivity contribution in [3.05, 3.63) is 82.4 Å². The van der Waals surface area contributed by atoms with Gasteiger partial charge in [0.15, 0.2) is 0 Å². The van der Waals surface area contributed by atoms with Gasteiger partial charge in [-0.15, -0.1) is 0 Å². The molecule has 28 heavy (non-hydrogen) atoms. The second-order valence-corrected chi connectivity index (χ2v) is 6.26.